The fourth-order valence-electron chi connectivity index (χ4n) is 4.24. The number of benzene rings is 3. The average molecular weight is 471 g/mol. The van der Waals surface area contributed by atoms with Crippen molar-refractivity contribution < 1.29 is 19.1 Å². The summed E-state index contributed by atoms with van der Waals surface area (Å²) in [6, 6.07) is 21.4. The van der Waals surface area contributed by atoms with Gasteiger partial charge in [-0.3, -0.25) is 9.59 Å². The van der Waals surface area contributed by atoms with Crippen LogP contribution in [0.2, 0.25) is 0 Å². The van der Waals surface area contributed by atoms with Crippen molar-refractivity contribution >= 4 is 39.7 Å². The number of nitrogens with one attached hydrogen (secondary N) is 1. The molecule has 0 unspecified atom stereocenters. The van der Waals surface area contributed by atoms with Crippen LogP contribution in [-0.4, -0.2) is 60.4 Å². The third-order valence-corrected chi connectivity index (χ3v) is 5.99. The van der Waals surface area contributed by atoms with E-state index in [-0.39, 0.29) is 25.0 Å². The van der Waals surface area contributed by atoms with Crippen LogP contribution in [-0.2, 0) is 20.9 Å². The Balaban J connectivity index is 1.23. The Hall–Kier alpha value is -4.17. The van der Waals surface area contributed by atoms with Crippen molar-refractivity contribution in [2.45, 2.75) is 6.54 Å². The molecule has 1 aromatic heterocycles. The van der Waals surface area contributed by atoms with Gasteiger partial charge in [0.05, 0.1) is 19.4 Å². The average Bonchev–Trinajstić information content (AvgIpc) is 3.25. The van der Waals surface area contributed by atoms with E-state index in [1.165, 1.54) is 0 Å². The topological polar surface area (TPSA) is 85.2 Å². The second-order valence-electron chi connectivity index (χ2n) is 8.28. The Labute approximate surface area is 202 Å². The highest BCUT2D eigenvalue weighted by atomic mass is 16.5. The summed E-state index contributed by atoms with van der Waals surface area (Å²) in [5.74, 6) is 0.340. The summed E-state index contributed by atoms with van der Waals surface area (Å²) in [4.78, 5) is 26.9. The van der Waals surface area contributed by atoms with Gasteiger partial charge < -0.3 is 18.9 Å². The molecule has 1 N–H and O–H groups in total. The number of hydrazone groups is 1. The molecule has 8 nitrogen and oxygen atoms in total. The summed E-state index contributed by atoms with van der Waals surface area (Å²) in [5.41, 5.74) is 4.27. The molecule has 0 atom stereocenters. The summed E-state index contributed by atoms with van der Waals surface area (Å²) in [6.07, 6.45) is 3.47. The second-order valence-corrected chi connectivity index (χ2v) is 8.28. The van der Waals surface area contributed by atoms with E-state index in [1.807, 2.05) is 82.4 Å². The van der Waals surface area contributed by atoms with Gasteiger partial charge >= 0.3 is 0 Å². The molecule has 2 amide bonds. The number of carbonyl (C=O) groups excluding carboxylic acids is 2. The van der Waals surface area contributed by atoms with Gasteiger partial charge in [-0.05, 0) is 17.5 Å². The lowest BCUT2D eigenvalue weighted by Crippen LogP contribution is -2.42. The monoisotopic (exact) mass is 470 g/mol. The Bertz CT molecular complexity index is 1380. The maximum atomic E-state index is 12.7. The van der Waals surface area contributed by atoms with Crippen LogP contribution in [0.5, 0.6) is 5.75 Å². The summed E-state index contributed by atoms with van der Waals surface area (Å²) in [6.45, 7) is 2.44. The Morgan fingerprint density at radius 3 is 2.57 bits per heavy atom. The molecule has 0 spiro atoms. The normalized spacial score (nSPS) is 14.0. The molecule has 1 aliphatic rings. The lowest BCUT2D eigenvalue weighted by Gasteiger charge is -2.27. The van der Waals surface area contributed by atoms with Crippen molar-refractivity contribution in [1.29, 1.82) is 0 Å². The molecule has 8 heteroatoms. The number of rotatable bonds is 7. The molecule has 1 saturated heterocycles. The molecule has 4 aromatic rings. The van der Waals surface area contributed by atoms with E-state index in [4.69, 9.17) is 9.47 Å². The van der Waals surface area contributed by atoms with Crippen LogP contribution < -0.4 is 10.2 Å². The number of ether oxygens (including phenoxy) is 2. The lowest BCUT2D eigenvalue weighted by atomic mass is 10.1. The van der Waals surface area contributed by atoms with E-state index in [9.17, 15) is 9.59 Å². The van der Waals surface area contributed by atoms with Crippen molar-refractivity contribution in [2.24, 2.45) is 5.10 Å². The van der Waals surface area contributed by atoms with E-state index in [0.717, 1.165) is 27.2 Å². The number of amides is 2. The molecule has 0 bridgehead atoms. The lowest BCUT2D eigenvalue weighted by molar-refractivity contribution is -0.135. The van der Waals surface area contributed by atoms with Crippen LogP contribution >= 0.6 is 0 Å². The van der Waals surface area contributed by atoms with Gasteiger partial charge in [0, 0.05) is 41.1 Å². The summed E-state index contributed by atoms with van der Waals surface area (Å²) >= 11 is 0. The van der Waals surface area contributed by atoms with Crippen molar-refractivity contribution in [2.75, 3.05) is 32.9 Å². The second kappa shape index (κ2) is 10.4. The first kappa shape index (κ1) is 22.6. The first-order chi connectivity index (χ1) is 17.2. The van der Waals surface area contributed by atoms with Crippen LogP contribution in [0, 0.1) is 0 Å². The number of hydrogen-bond acceptors (Lipinski definition) is 5. The van der Waals surface area contributed by atoms with Gasteiger partial charge in [-0.15, -0.1) is 0 Å². The zero-order valence-corrected chi connectivity index (χ0v) is 19.2. The minimum absolute atomic E-state index is 0.0522. The van der Waals surface area contributed by atoms with Crippen LogP contribution in [0.3, 0.4) is 0 Å². The molecule has 35 heavy (non-hydrogen) atoms. The first-order valence-electron chi connectivity index (χ1n) is 11.5. The molecule has 1 fully saturated rings. The molecule has 2 heterocycles. The third-order valence-electron chi connectivity index (χ3n) is 5.99. The number of aromatic nitrogens is 1. The quantitative estimate of drug-likeness (QED) is 0.332. The standard InChI is InChI=1S/C27H26N4O4/c32-26(19-35-25-11-5-7-20-6-1-2-9-23(20)25)29-28-16-21-17-31(24-10-4-3-8-22(21)24)18-27(33)30-12-14-34-15-13-30/h1-11,16-17H,12-15,18-19H2,(H,29,32)/b28-16+. The molecule has 0 aliphatic carbocycles. The van der Waals surface area contributed by atoms with Gasteiger partial charge in [-0.2, -0.15) is 5.10 Å². The van der Waals surface area contributed by atoms with E-state index >= 15 is 0 Å². The molecular weight excluding hydrogens is 444 g/mol. The maximum Gasteiger partial charge on any atom is 0.277 e. The number of morpholine rings is 1. The largest absolute Gasteiger partial charge is 0.483 e. The SMILES string of the molecule is O=C(COc1cccc2ccccc12)N/N=C/c1cn(CC(=O)N2CCOCC2)c2ccccc12. The maximum absolute atomic E-state index is 12.7. The molecule has 0 saturated carbocycles. The van der Waals surface area contributed by atoms with Crippen molar-refractivity contribution in [3.05, 3.63) is 78.5 Å². The van der Waals surface area contributed by atoms with Gasteiger partial charge in [0.1, 0.15) is 12.3 Å². The molecule has 178 valence electrons. The molecule has 1 aliphatic heterocycles. The predicted molar refractivity (Wildman–Crippen MR) is 135 cm³/mol. The fraction of sp³-hybridized carbons (Fsp3) is 0.222. The number of nitrogens with zero attached hydrogens (tertiary/aromatic N) is 3. The third kappa shape index (κ3) is 5.17. The van der Waals surface area contributed by atoms with Gasteiger partial charge in [0.25, 0.3) is 5.91 Å². The minimum Gasteiger partial charge on any atom is -0.483 e. The molecule has 3 aromatic carbocycles. The van der Waals surface area contributed by atoms with Crippen molar-refractivity contribution in [1.82, 2.24) is 14.9 Å². The number of carbonyl (C=O) groups is 2. The summed E-state index contributed by atoms with van der Waals surface area (Å²) < 4.78 is 13.0. The Morgan fingerprint density at radius 2 is 1.71 bits per heavy atom. The highest BCUT2D eigenvalue weighted by Gasteiger charge is 2.18. The number of hydrogen-bond donors (Lipinski definition) is 1. The van der Waals surface area contributed by atoms with Gasteiger partial charge in [0.15, 0.2) is 6.61 Å². The highest BCUT2D eigenvalue weighted by Crippen LogP contribution is 2.25. The summed E-state index contributed by atoms with van der Waals surface area (Å²) in [5, 5.41) is 7.07. The molecule has 5 rings (SSSR count). The highest BCUT2D eigenvalue weighted by molar-refractivity contribution is 6.00. The van der Waals surface area contributed by atoms with Crippen molar-refractivity contribution in [3.8, 4) is 5.75 Å². The Kier molecular flexibility index (Phi) is 6.72. The zero-order valence-electron chi connectivity index (χ0n) is 19.2. The van der Waals surface area contributed by atoms with Gasteiger partial charge in [-0.1, -0.05) is 54.6 Å². The van der Waals surface area contributed by atoms with E-state index in [1.54, 1.807) is 6.21 Å². The molecule has 0 radical (unpaired) electrons. The fourth-order valence-corrected chi connectivity index (χ4v) is 4.24. The van der Waals surface area contributed by atoms with Gasteiger partial charge in [-0.25, -0.2) is 5.43 Å². The van der Waals surface area contributed by atoms with E-state index < -0.39 is 0 Å². The van der Waals surface area contributed by atoms with E-state index in [2.05, 4.69) is 10.5 Å². The van der Waals surface area contributed by atoms with Crippen LogP contribution in [0.25, 0.3) is 21.7 Å². The summed E-state index contributed by atoms with van der Waals surface area (Å²) in [7, 11) is 0. The minimum atomic E-state index is -0.361. The van der Waals surface area contributed by atoms with Crippen LogP contribution in [0.1, 0.15) is 5.56 Å². The Morgan fingerprint density at radius 1 is 0.971 bits per heavy atom. The van der Waals surface area contributed by atoms with Crippen LogP contribution in [0.15, 0.2) is 78.0 Å². The smallest absolute Gasteiger partial charge is 0.277 e. The van der Waals surface area contributed by atoms with Crippen molar-refractivity contribution in [3.63, 3.8) is 0 Å². The first-order valence-corrected chi connectivity index (χ1v) is 11.5. The molecular formula is C27H26N4O4. The number of para-hydroxylation sites is 1. The van der Waals surface area contributed by atoms with Crippen LogP contribution in [0.4, 0.5) is 0 Å². The zero-order chi connectivity index (χ0) is 24.0. The number of fused-ring (bicyclic) bond motifs is 2. The van der Waals surface area contributed by atoms with E-state index in [0.29, 0.717) is 32.1 Å². The predicted octanol–water partition coefficient (Wildman–Crippen LogP) is 3.18. The van der Waals surface area contributed by atoms with Gasteiger partial charge in [0.2, 0.25) is 5.91 Å².